The Balaban J connectivity index is 2.05. The molecule has 0 aromatic heterocycles. The van der Waals surface area contributed by atoms with Gasteiger partial charge in [0.2, 0.25) is 0 Å². The normalized spacial score (nSPS) is 22.5. The van der Waals surface area contributed by atoms with E-state index in [1.165, 1.54) is 25.9 Å². The number of hydrogen-bond acceptors (Lipinski definition) is 3. The van der Waals surface area contributed by atoms with E-state index in [0.717, 1.165) is 13.2 Å². The summed E-state index contributed by atoms with van der Waals surface area (Å²) in [5, 5.41) is 3.18. The van der Waals surface area contributed by atoms with Gasteiger partial charge in [-0.05, 0) is 46.8 Å². The second kappa shape index (κ2) is 6.38. The van der Waals surface area contributed by atoms with Crippen molar-refractivity contribution < 1.29 is 4.74 Å². The third kappa shape index (κ3) is 4.40. The molecule has 1 heterocycles. The minimum absolute atomic E-state index is 0.365. The van der Waals surface area contributed by atoms with Gasteiger partial charge in [0.25, 0.3) is 0 Å². The summed E-state index contributed by atoms with van der Waals surface area (Å²) in [4.78, 5) is 2.49. The maximum atomic E-state index is 5.75. The van der Waals surface area contributed by atoms with Gasteiger partial charge in [-0.2, -0.15) is 0 Å². The first-order chi connectivity index (χ1) is 6.72. The van der Waals surface area contributed by atoms with Crippen LogP contribution in [0.15, 0.2) is 0 Å². The van der Waals surface area contributed by atoms with Crippen LogP contribution in [0.3, 0.4) is 0 Å². The van der Waals surface area contributed by atoms with Crippen LogP contribution in [0.1, 0.15) is 26.7 Å². The number of ether oxygens (including phenoxy) is 1. The summed E-state index contributed by atoms with van der Waals surface area (Å²) in [6, 6.07) is 0.455. The fraction of sp³-hybridized carbons (Fsp3) is 1.00. The van der Waals surface area contributed by atoms with Gasteiger partial charge in [0.15, 0.2) is 0 Å². The Morgan fingerprint density at radius 2 is 1.93 bits per heavy atom. The maximum absolute atomic E-state index is 5.75. The number of likely N-dealkylation sites (N-methyl/N-ethyl adjacent to an activating group) is 1. The van der Waals surface area contributed by atoms with Crippen LogP contribution < -0.4 is 5.32 Å². The minimum atomic E-state index is 0.365. The molecule has 0 radical (unpaired) electrons. The predicted octanol–water partition coefficient (Wildman–Crippen LogP) is 1.10. The zero-order valence-electron chi connectivity index (χ0n) is 9.75. The van der Waals surface area contributed by atoms with E-state index < -0.39 is 0 Å². The SMILES string of the molecule is CNC(C)COC(C)CN1CCCC1. The second-order valence-electron chi connectivity index (χ2n) is 4.34. The van der Waals surface area contributed by atoms with Gasteiger partial charge in [-0.25, -0.2) is 0 Å². The summed E-state index contributed by atoms with van der Waals surface area (Å²) in [6.45, 7) is 8.73. The monoisotopic (exact) mass is 200 g/mol. The van der Waals surface area contributed by atoms with Crippen molar-refractivity contribution in [1.82, 2.24) is 10.2 Å². The van der Waals surface area contributed by atoms with E-state index in [-0.39, 0.29) is 0 Å². The van der Waals surface area contributed by atoms with Gasteiger partial charge in [0, 0.05) is 12.6 Å². The van der Waals surface area contributed by atoms with Gasteiger partial charge >= 0.3 is 0 Å². The molecule has 0 aromatic rings. The highest BCUT2D eigenvalue weighted by Crippen LogP contribution is 2.08. The highest BCUT2D eigenvalue weighted by atomic mass is 16.5. The fourth-order valence-corrected chi connectivity index (χ4v) is 1.77. The summed E-state index contributed by atoms with van der Waals surface area (Å²) in [6.07, 6.45) is 3.09. The van der Waals surface area contributed by atoms with Crippen molar-refractivity contribution in [3.63, 3.8) is 0 Å². The number of nitrogens with zero attached hydrogens (tertiary/aromatic N) is 1. The van der Waals surface area contributed by atoms with E-state index >= 15 is 0 Å². The molecule has 3 heteroatoms. The lowest BCUT2D eigenvalue weighted by molar-refractivity contribution is 0.0334. The van der Waals surface area contributed by atoms with Gasteiger partial charge in [-0.15, -0.1) is 0 Å². The zero-order chi connectivity index (χ0) is 10.4. The molecule has 0 bridgehead atoms. The number of likely N-dealkylation sites (tertiary alicyclic amines) is 1. The summed E-state index contributed by atoms with van der Waals surface area (Å²) >= 11 is 0. The number of hydrogen-bond donors (Lipinski definition) is 1. The lowest BCUT2D eigenvalue weighted by atomic mass is 10.3. The lowest BCUT2D eigenvalue weighted by Gasteiger charge is -2.22. The van der Waals surface area contributed by atoms with Crippen LogP contribution in [0.4, 0.5) is 0 Å². The molecule has 0 spiro atoms. The van der Waals surface area contributed by atoms with Gasteiger partial charge in [0.05, 0.1) is 12.7 Å². The fourth-order valence-electron chi connectivity index (χ4n) is 1.77. The molecule has 0 amide bonds. The molecular weight excluding hydrogens is 176 g/mol. The van der Waals surface area contributed by atoms with Crippen LogP contribution in [0.2, 0.25) is 0 Å². The largest absolute Gasteiger partial charge is 0.376 e. The second-order valence-corrected chi connectivity index (χ2v) is 4.34. The van der Waals surface area contributed by atoms with E-state index in [2.05, 4.69) is 24.1 Å². The van der Waals surface area contributed by atoms with E-state index in [0.29, 0.717) is 12.1 Å². The van der Waals surface area contributed by atoms with E-state index in [1.54, 1.807) is 0 Å². The van der Waals surface area contributed by atoms with Crippen LogP contribution in [0.5, 0.6) is 0 Å². The molecule has 2 atom stereocenters. The molecule has 0 aromatic carbocycles. The van der Waals surface area contributed by atoms with E-state index in [1.807, 2.05) is 7.05 Å². The molecule has 84 valence electrons. The Hall–Kier alpha value is -0.120. The smallest absolute Gasteiger partial charge is 0.0674 e. The summed E-state index contributed by atoms with van der Waals surface area (Å²) in [5.41, 5.74) is 0. The number of rotatable bonds is 6. The van der Waals surface area contributed by atoms with Gasteiger partial charge in [0.1, 0.15) is 0 Å². The Morgan fingerprint density at radius 1 is 1.29 bits per heavy atom. The average Bonchev–Trinajstić information content (AvgIpc) is 2.66. The van der Waals surface area contributed by atoms with Crippen molar-refractivity contribution in [3.05, 3.63) is 0 Å². The highest BCUT2D eigenvalue weighted by Gasteiger charge is 2.15. The molecule has 14 heavy (non-hydrogen) atoms. The third-order valence-electron chi connectivity index (χ3n) is 2.84. The average molecular weight is 200 g/mol. The topological polar surface area (TPSA) is 24.5 Å². The molecular formula is C11H24N2O. The van der Waals surface area contributed by atoms with Gasteiger partial charge in [-0.1, -0.05) is 0 Å². The quantitative estimate of drug-likeness (QED) is 0.695. The molecule has 1 fully saturated rings. The van der Waals surface area contributed by atoms with Gasteiger partial charge < -0.3 is 15.0 Å². The first-order valence-corrected chi connectivity index (χ1v) is 5.73. The molecule has 2 unspecified atom stereocenters. The van der Waals surface area contributed by atoms with Crippen LogP contribution in [-0.4, -0.2) is 50.3 Å². The molecule has 0 aliphatic carbocycles. The summed E-state index contributed by atoms with van der Waals surface area (Å²) in [7, 11) is 1.97. The zero-order valence-corrected chi connectivity index (χ0v) is 9.75. The standard InChI is InChI=1S/C11H24N2O/c1-10(12-3)9-14-11(2)8-13-6-4-5-7-13/h10-12H,4-9H2,1-3H3. The van der Waals surface area contributed by atoms with E-state index in [4.69, 9.17) is 4.74 Å². The van der Waals surface area contributed by atoms with Crippen molar-refractivity contribution in [3.8, 4) is 0 Å². The Bertz CT molecular complexity index is 146. The van der Waals surface area contributed by atoms with Crippen LogP contribution >= 0.6 is 0 Å². The first kappa shape index (κ1) is 12.0. The highest BCUT2D eigenvalue weighted by molar-refractivity contribution is 4.69. The van der Waals surface area contributed by atoms with Crippen molar-refractivity contribution in [2.75, 3.05) is 33.3 Å². The molecule has 1 aliphatic heterocycles. The Labute approximate surface area is 87.8 Å². The summed E-state index contributed by atoms with van der Waals surface area (Å²) < 4.78 is 5.75. The minimum Gasteiger partial charge on any atom is -0.376 e. The molecule has 1 rings (SSSR count). The summed E-state index contributed by atoms with van der Waals surface area (Å²) in [5.74, 6) is 0. The Kier molecular flexibility index (Phi) is 5.45. The third-order valence-corrected chi connectivity index (χ3v) is 2.84. The van der Waals surface area contributed by atoms with Gasteiger partial charge in [-0.3, -0.25) is 0 Å². The van der Waals surface area contributed by atoms with Crippen LogP contribution in [-0.2, 0) is 4.74 Å². The molecule has 0 saturated carbocycles. The molecule has 1 N–H and O–H groups in total. The van der Waals surface area contributed by atoms with Crippen molar-refractivity contribution in [1.29, 1.82) is 0 Å². The maximum Gasteiger partial charge on any atom is 0.0674 e. The molecule has 1 saturated heterocycles. The Morgan fingerprint density at radius 3 is 2.50 bits per heavy atom. The van der Waals surface area contributed by atoms with Crippen molar-refractivity contribution in [2.24, 2.45) is 0 Å². The predicted molar refractivity (Wildman–Crippen MR) is 59.6 cm³/mol. The molecule has 1 aliphatic rings. The number of nitrogens with one attached hydrogen (secondary N) is 1. The molecule has 3 nitrogen and oxygen atoms in total. The van der Waals surface area contributed by atoms with Crippen LogP contribution in [0.25, 0.3) is 0 Å². The van der Waals surface area contributed by atoms with Crippen molar-refractivity contribution in [2.45, 2.75) is 38.8 Å². The van der Waals surface area contributed by atoms with Crippen molar-refractivity contribution >= 4 is 0 Å². The van der Waals surface area contributed by atoms with Crippen LogP contribution in [0, 0.1) is 0 Å². The first-order valence-electron chi connectivity index (χ1n) is 5.73. The van der Waals surface area contributed by atoms with E-state index in [9.17, 15) is 0 Å². The lowest BCUT2D eigenvalue weighted by Crippen LogP contribution is -2.34.